The van der Waals surface area contributed by atoms with Crippen LogP contribution < -0.4 is 0 Å². The van der Waals surface area contributed by atoms with Gasteiger partial charge in [-0.15, -0.1) is 0 Å². The number of carbonyl (C=O) groups is 3. The molecular weight excluding hydrogens is 741 g/mol. The second kappa shape index (κ2) is 52.2. The smallest absolute Gasteiger partial charge is 0.306 e. The van der Waals surface area contributed by atoms with Crippen molar-refractivity contribution in [1.29, 1.82) is 0 Å². The van der Waals surface area contributed by atoms with E-state index in [1.54, 1.807) is 0 Å². The number of hydrogen-bond donors (Lipinski definition) is 2. The van der Waals surface area contributed by atoms with Gasteiger partial charge in [-0.2, -0.15) is 0 Å². The van der Waals surface area contributed by atoms with Crippen molar-refractivity contribution in [3.8, 4) is 0 Å². The fourth-order valence-corrected chi connectivity index (χ4v) is 6.46. The first kappa shape index (κ1) is 61.4. The second-order valence-corrected chi connectivity index (χ2v) is 17.1. The second-order valence-electron chi connectivity index (χ2n) is 17.1. The minimum atomic E-state index is -0.950. The number of ether oxygens (including phenoxy) is 3. The van der Waals surface area contributed by atoms with Gasteiger partial charge < -0.3 is 24.4 Å². The maximum Gasteiger partial charge on any atom is 0.306 e. The maximum absolute atomic E-state index is 11.4. The molecule has 0 saturated heterocycles. The summed E-state index contributed by atoms with van der Waals surface area (Å²) in [6, 6.07) is 0. The summed E-state index contributed by atoms with van der Waals surface area (Å²) in [4.78, 5) is 33.8. The molecule has 0 aliphatic heterocycles. The molecule has 1 unspecified atom stereocenters. The van der Waals surface area contributed by atoms with Gasteiger partial charge in [-0.1, -0.05) is 187 Å². The van der Waals surface area contributed by atoms with Gasteiger partial charge in [0.2, 0.25) is 0 Å². The van der Waals surface area contributed by atoms with E-state index < -0.39 is 6.10 Å². The Balaban J connectivity index is -0.000000815. The lowest BCUT2D eigenvalue weighted by Crippen LogP contribution is -2.21. The minimum absolute atomic E-state index is 0.0191. The average molecular weight is 841 g/mol. The lowest BCUT2D eigenvalue weighted by molar-refractivity contribution is -0.148. The lowest BCUT2D eigenvalue weighted by Gasteiger charge is -2.08. The third-order valence-electron chi connectivity index (χ3n) is 9.99. The number of allylic oxidation sites excluding steroid dienone is 2. The standard InChI is InChI=1S/C21H40O2.C19H38O2.C11H22O4/c1-4-5-6-7-8-9-10-11-12-13-14-15-16-17-18-19-21(22)23-20(2)3;1-4-5-6-7-8-9-10-11-12-13-14-15-16-17-19(20)21-18(2)3;1-2-3-4-5-6-7-11(14)15-9-10(13)8-12/h11-12,20H,4-10,13-19H2,1-3H3;18H,4-17H2,1-3H3;10,12-13H,2-9H2,1H3/b12-11-;;. The third-order valence-corrected chi connectivity index (χ3v) is 9.99. The SMILES string of the molecule is CCCCCCCC(=O)OCC(O)CO.CCCCCCCC/C=C\CCCCCCCC(=O)OC(C)C.CCCCCCCCCCCCCCCC(=O)OC(C)C. The van der Waals surface area contributed by atoms with Gasteiger partial charge in [0.1, 0.15) is 12.7 Å². The first-order chi connectivity index (χ1) is 28.5. The fraction of sp³-hybridized carbons (Fsp3) is 0.902. The summed E-state index contributed by atoms with van der Waals surface area (Å²) in [6.45, 7) is 13.8. The normalized spacial score (nSPS) is 11.6. The average Bonchev–Trinajstić information content (AvgIpc) is 3.20. The lowest BCUT2D eigenvalue weighted by atomic mass is 10.0. The highest BCUT2D eigenvalue weighted by molar-refractivity contribution is 5.70. The van der Waals surface area contributed by atoms with Gasteiger partial charge in [-0.25, -0.2) is 0 Å². The number of aliphatic hydroxyl groups excluding tert-OH is 2. The molecule has 0 aromatic rings. The molecule has 0 heterocycles. The van der Waals surface area contributed by atoms with Crippen molar-refractivity contribution in [2.45, 2.75) is 285 Å². The molecule has 0 saturated carbocycles. The van der Waals surface area contributed by atoms with Crippen molar-refractivity contribution in [2.75, 3.05) is 13.2 Å². The molecule has 59 heavy (non-hydrogen) atoms. The molecule has 352 valence electrons. The number of rotatable bonds is 40. The summed E-state index contributed by atoms with van der Waals surface area (Å²) in [5.41, 5.74) is 0. The summed E-state index contributed by atoms with van der Waals surface area (Å²) in [5.74, 6) is -0.371. The van der Waals surface area contributed by atoms with Crippen molar-refractivity contribution in [3.05, 3.63) is 12.2 Å². The molecule has 8 heteroatoms. The molecule has 8 nitrogen and oxygen atoms in total. The zero-order valence-electron chi connectivity index (χ0n) is 40.2. The summed E-state index contributed by atoms with van der Waals surface area (Å²) in [5, 5.41) is 17.4. The highest BCUT2D eigenvalue weighted by Crippen LogP contribution is 2.14. The first-order valence-corrected chi connectivity index (χ1v) is 25.0. The zero-order chi connectivity index (χ0) is 44.5. The van der Waals surface area contributed by atoms with E-state index in [-0.39, 0.29) is 43.3 Å². The van der Waals surface area contributed by atoms with Gasteiger partial charge in [0.05, 0.1) is 18.8 Å². The van der Waals surface area contributed by atoms with Gasteiger partial charge in [0, 0.05) is 19.3 Å². The largest absolute Gasteiger partial charge is 0.463 e. The number of hydrogen-bond acceptors (Lipinski definition) is 8. The summed E-state index contributed by atoms with van der Waals surface area (Å²) >= 11 is 0. The molecule has 0 aliphatic carbocycles. The van der Waals surface area contributed by atoms with Crippen molar-refractivity contribution >= 4 is 17.9 Å². The predicted molar refractivity (Wildman–Crippen MR) is 250 cm³/mol. The minimum Gasteiger partial charge on any atom is -0.463 e. The molecule has 0 radical (unpaired) electrons. The van der Waals surface area contributed by atoms with Crippen molar-refractivity contribution in [1.82, 2.24) is 0 Å². The van der Waals surface area contributed by atoms with Crippen LogP contribution >= 0.6 is 0 Å². The Morgan fingerprint density at radius 3 is 0.983 bits per heavy atom. The van der Waals surface area contributed by atoms with E-state index >= 15 is 0 Å². The number of carbonyl (C=O) groups excluding carboxylic acids is 3. The highest BCUT2D eigenvalue weighted by atomic mass is 16.5. The molecule has 1 atom stereocenters. The van der Waals surface area contributed by atoms with Crippen LogP contribution in [0.15, 0.2) is 12.2 Å². The van der Waals surface area contributed by atoms with Crippen LogP contribution in [0.2, 0.25) is 0 Å². The highest BCUT2D eigenvalue weighted by Gasteiger charge is 2.08. The Bertz CT molecular complexity index is 887. The maximum atomic E-state index is 11.4. The van der Waals surface area contributed by atoms with Crippen molar-refractivity contribution in [3.63, 3.8) is 0 Å². The van der Waals surface area contributed by atoms with Gasteiger partial charge >= 0.3 is 17.9 Å². The zero-order valence-corrected chi connectivity index (χ0v) is 40.2. The molecule has 0 rings (SSSR count). The fourth-order valence-electron chi connectivity index (χ4n) is 6.46. The van der Waals surface area contributed by atoms with Crippen LogP contribution in [0.5, 0.6) is 0 Å². The van der Waals surface area contributed by atoms with E-state index in [0.717, 1.165) is 38.5 Å². The Hall–Kier alpha value is -1.93. The molecule has 2 N–H and O–H groups in total. The molecule has 0 bridgehead atoms. The van der Waals surface area contributed by atoms with Gasteiger partial charge in [0.15, 0.2) is 0 Å². The topological polar surface area (TPSA) is 119 Å². The number of aliphatic hydroxyl groups is 2. The summed E-state index contributed by atoms with van der Waals surface area (Å²) in [7, 11) is 0. The Labute approximate surface area is 366 Å². The predicted octanol–water partition coefficient (Wildman–Crippen LogP) is 14.6. The van der Waals surface area contributed by atoms with Crippen molar-refractivity contribution in [2.24, 2.45) is 0 Å². The Kier molecular flexibility index (Phi) is 54.3. The van der Waals surface area contributed by atoms with Crippen LogP contribution in [0.25, 0.3) is 0 Å². The van der Waals surface area contributed by atoms with E-state index in [4.69, 9.17) is 24.4 Å². The summed E-state index contributed by atoms with van der Waals surface area (Å²) < 4.78 is 15.0. The van der Waals surface area contributed by atoms with E-state index in [1.807, 2.05) is 27.7 Å². The van der Waals surface area contributed by atoms with E-state index in [2.05, 4.69) is 32.9 Å². The van der Waals surface area contributed by atoms with Crippen LogP contribution in [-0.2, 0) is 28.6 Å². The Morgan fingerprint density at radius 2 is 0.695 bits per heavy atom. The van der Waals surface area contributed by atoms with Gasteiger partial charge in [-0.05, 0) is 72.6 Å². The molecule has 0 amide bonds. The molecular formula is C51H100O8. The van der Waals surface area contributed by atoms with Gasteiger partial charge in [0.25, 0.3) is 0 Å². The summed E-state index contributed by atoms with van der Waals surface area (Å²) in [6.07, 6.45) is 44.9. The van der Waals surface area contributed by atoms with Gasteiger partial charge in [-0.3, -0.25) is 14.4 Å². The quantitative estimate of drug-likeness (QED) is 0.0271. The van der Waals surface area contributed by atoms with E-state index in [0.29, 0.717) is 19.3 Å². The molecule has 0 aromatic carbocycles. The van der Waals surface area contributed by atoms with E-state index in [9.17, 15) is 14.4 Å². The monoisotopic (exact) mass is 841 g/mol. The Morgan fingerprint density at radius 1 is 0.424 bits per heavy atom. The van der Waals surface area contributed by atoms with Crippen LogP contribution in [-0.4, -0.2) is 59.6 Å². The third kappa shape index (κ3) is 60.5. The molecule has 0 aliphatic rings. The van der Waals surface area contributed by atoms with Crippen LogP contribution in [0.4, 0.5) is 0 Å². The number of unbranched alkanes of at least 4 members (excludes halogenated alkanes) is 27. The molecule has 0 spiro atoms. The molecule has 0 aromatic heterocycles. The first-order valence-electron chi connectivity index (χ1n) is 25.0. The van der Waals surface area contributed by atoms with Crippen LogP contribution in [0.1, 0.15) is 267 Å². The molecule has 0 fully saturated rings. The number of esters is 3. The van der Waals surface area contributed by atoms with Crippen molar-refractivity contribution < 1.29 is 38.8 Å². The van der Waals surface area contributed by atoms with E-state index in [1.165, 1.54) is 161 Å². The van der Waals surface area contributed by atoms with Crippen LogP contribution in [0.3, 0.4) is 0 Å². The van der Waals surface area contributed by atoms with Crippen LogP contribution in [0, 0.1) is 0 Å².